The third-order valence-corrected chi connectivity index (χ3v) is 2.49. The highest BCUT2D eigenvalue weighted by Gasteiger charge is 2.08. The van der Waals surface area contributed by atoms with Crippen molar-refractivity contribution in [2.24, 2.45) is 0 Å². The van der Waals surface area contributed by atoms with E-state index >= 15 is 0 Å². The highest BCUT2D eigenvalue weighted by molar-refractivity contribution is 5.13. The molecule has 1 rings (SSSR count). The third-order valence-electron chi connectivity index (χ3n) is 2.49. The highest BCUT2D eigenvalue weighted by atomic mass is 16.5. The SMILES string of the molecule is CCO[C@H](C)C[C@@H](C)OCc1ccccc1. The van der Waals surface area contributed by atoms with Gasteiger partial charge in [-0.3, -0.25) is 0 Å². The fourth-order valence-electron chi connectivity index (χ4n) is 1.70. The average Bonchev–Trinajstić information content (AvgIpc) is 2.28. The van der Waals surface area contributed by atoms with Gasteiger partial charge in [0.25, 0.3) is 0 Å². The fraction of sp³-hybridized carbons (Fsp3) is 0.571. The molecule has 0 saturated carbocycles. The summed E-state index contributed by atoms with van der Waals surface area (Å²) in [5, 5.41) is 0. The van der Waals surface area contributed by atoms with Crippen LogP contribution in [0.15, 0.2) is 30.3 Å². The van der Waals surface area contributed by atoms with Crippen molar-refractivity contribution in [3.63, 3.8) is 0 Å². The summed E-state index contributed by atoms with van der Waals surface area (Å²) in [6.07, 6.45) is 1.46. The van der Waals surface area contributed by atoms with Gasteiger partial charge in [0, 0.05) is 6.61 Å². The highest BCUT2D eigenvalue weighted by Crippen LogP contribution is 2.09. The second-order valence-electron chi connectivity index (χ2n) is 4.11. The van der Waals surface area contributed by atoms with E-state index in [1.807, 2.05) is 25.1 Å². The summed E-state index contributed by atoms with van der Waals surface area (Å²) in [6, 6.07) is 10.2. The number of hydrogen-bond acceptors (Lipinski definition) is 2. The number of hydrogen-bond donors (Lipinski definition) is 0. The Kier molecular flexibility index (Phi) is 6.12. The number of rotatable bonds is 7. The molecule has 0 unspecified atom stereocenters. The van der Waals surface area contributed by atoms with Crippen LogP contribution in [0.4, 0.5) is 0 Å². The van der Waals surface area contributed by atoms with Gasteiger partial charge in [0.1, 0.15) is 0 Å². The van der Waals surface area contributed by atoms with E-state index in [1.165, 1.54) is 5.56 Å². The second kappa shape index (κ2) is 7.42. The van der Waals surface area contributed by atoms with E-state index < -0.39 is 0 Å². The summed E-state index contributed by atoms with van der Waals surface area (Å²) in [7, 11) is 0. The fourth-order valence-corrected chi connectivity index (χ4v) is 1.70. The van der Waals surface area contributed by atoms with Crippen molar-refractivity contribution in [3.05, 3.63) is 35.9 Å². The van der Waals surface area contributed by atoms with E-state index in [0.29, 0.717) is 6.61 Å². The van der Waals surface area contributed by atoms with Gasteiger partial charge < -0.3 is 9.47 Å². The smallest absolute Gasteiger partial charge is 0.0720 e. The summed E-state index contributed by atoms with van der Waals surface area (Å²) < 4.78 is 11.2. The predicted octanol–water partition coefficient (Wildman–Crippen LogP) is 3.41. The maximum absolute atomic E-state index is 5.77. The first-order valence-electron chi connectivity index (χ1n) is 5.99. The summed E-state index contributed by atoms with van der Waals surface area (Å²) in [4.78, 5) is 0. The largest absolute Gasteiger partial charge is 0.379 e. The van der Waals surface area contributed by atoms with Crippen LogP contribution in [0, 0.1) is 0 Å². The molecule has 0 fully saturated rings. The zero-order chi connectivity index (χ0) is 11.8. The van der Waals surface area contributed by atoms with Crippen LogP contribution in [-0.2, 0) is 16.1 Å². The molecule has 0 aliphatic carbocycles. The molecule has 0 aliphatic rings. The quantitative estimate of drug-likeness (QED) is 0.704. The van der Waals surface area contributed by atoms with Gasteiger partial charge in [-0.2, -0.15) is 0 Å². The lowest BCUT2D eigenvalue weighted by atomic mass is 10.2. The predicted molar refractivity (Wildman–Crippen MR) is 66.4 cm³/mol. The van der Waals surface area contributed by atoms with E-state index in [2.05, 4.69) is 26.0 Å². The zero-order valence-electron chi connectivity index (χ0n) is 10.5. The first kappa shape index (κ1) is 13.2. The molecule has 0 bridgehead atoms. The van der Waals surface area contributed by atoms with Crippen LogP contribution >= 0.6 is 0 Å². The molecular weight excluding hydrogens is 200 g/mol. The first-order valence-corrected chi connectivity index (χ1v) is 5.99. The Morgan fingerprint density at radius 2 is 1.62 bits per heavy atom. The van der Waals surface area contributed by atoms with Gasteiger partial charge in [-0.25, -0.2) is 0 Å². The van der Waals surface area contributed by atoms with Gasteiger partial charge in [-0.1, -0.05) is 30.3 Å². The first-order chi connectivity index (χ1) is 7.72. The normalized spacial score (nSPS) is 14.7. The lowest BCUT2D eigenvalue weighted by molar-refractivity contribution is -0.00571. The molecule has 0 saturated heterocycles. The van der Waals surface area contributed by atoms with E-state index in [9.17, 15) is 0 Å². The molecule has 0 amide bonds. The van der Waals surface area contributed by atoms with E-state index in [1.54, 1.807) is 0 Å². The van der Waals surface area contributed by atoms with Crippen molar-refractivity contribution in [1.29, 1.82) is 0 Å². The molecule has 90 valence electrons. The summed E-state index contributed by atoms with van der Waals surface area (Å²) in [5.74, 6) is 0. The van der Waals surface area contributed by atoms with Gasteiger partial charge in [0.15, 0.2) is 0 Å². The van der Waals surface area contributed by atoms with Crippen LogP contribution in [-0.4, -0.2) is 18.8 Å². The Balaban J connectivity index is 2.22. The van der Waals surface area contributed by atoms with Gasteiger partial charge in [0.05, 0.1) is 18.8 Å². The third kappa shape index (κ3) is 5.29. The second-order valence-corrected chi connectivity index (χ2v) is 4.11. The molecule has 1 aromatic carbocycles. The minimum Gasteiger partial charge on any atom is -0.379 e. The molecule has 16 heavy (non-hydrogen) atoms. The number of ether oxygens (including phenoxy) is 2. The Hall–Kier alpha value is -0.860. The average molecular weight is 222 g/mol. The maximum atomic E-state index is 5.77. The monoisotopic (exact) mass is 222 g/mol. The summed E-state index contributed by atoms with van der Waals surface area (Å²) >= 11 is 0. The Morgan fingerprint density at radius 1 is 1.00 bits per heavy atom. The van der Waals surface area contributed by atoms with Crippen LogP contribution < -0.4 is 0 Å². The molecular formula is C14H22O2. The molecule has 2 atom stereocenters. The van der Waals surface area contributed by atoms with Crippen LogP contribution in [0.3, 0.4) is 0 Å². The molecule has 0 aliphatic heterocycles. The molecule has 2 heteroatoms. The molecule has 0 spiro atoms. The van der Waals surface area contributed by atoms with Crippen molar-refractivity contribution in [2.45, 2.75) is 46.0 Å². The van der Waals surface area contributed by atoms with E-state index in [0.717, 1.165) is 13.0 Å². The minimum absolute atomic E-state index is 0.238. The van der Waals surface area contributed by atoms with Crippen LogP contribution in [0.5, 0.6) is 0 Å². The van der Waals surface area contributed by atoms with Crippen molar-refractivity contribution < 1.29 is 9.47 Å². The molecule has 0 N–H and O–H groups in total. The standard InChI is InChI=1S/C14H22O2/c1-4-15-12(2)10-13(3)16-11-14-8-6-5-7-9-14/h5-9,12-13H,4,10-11H2,1-3H3/t12-,13-/m1/s1. The van der Waals surface area contributed by atoms with Crippen LogP contribution in [0.1, 0.15) is 32.8 Å². The summed E-state index contributed by atoms with van der Waals surface area (Å²) in [5.41, 5.74) is 1.22. The van der Waals surface area contributed by atoms with E-state index in [-0.39, 0.29) is 12.2 Å². The molecule has 1 aromatic rings. The van der Waals surface area contributed by atoms with Gasteiger partial charge in [0.2, 0.25) is 0 Å². The maximum Gasteiger partial charge on any atom is 0.0720 e. The van der Waals surface area contributed by atoms with Crippen molar-refractivity contribution >= 4 is 0 Å². The summed E-state index contributed by atoms with van der Waals surface area (Å²) in [6.45, 7) is 7.66. The van der Waals surface area contributed by atoms with Crippen molar-refractivity contribution in [2.75, 3.05) is 6.61 Å². The van der Waals surface area contributed by atoms with Crippen molar-refractivity contribution in [1.82, 2.24) is 0 Å². The molecule has 2 nitrogen and oxygen atoms in total. The Labute approximate surface area is 98.6 Å². The zero-order valence-corrected chi connectivity index (χ0v) is 10.5. The minimum atomic E-state index is 0.238. The van der Waals surface area contributed by atoms with Gasteiger partial charge in [-0.15, -0.1) is 0 Å². The van der Waals surface area contributed by atoms with E-state index in [4.69, 9.17) is 9.47 Å². The lowest BCUT2D eigenvalue weighted by Crippen LogP contribution is -2.18. The Morgan fingerprint density at radius 3 is 2.25 bits per heavy atom. The molecule has 0 radical (unpaired) electrons. The lowest BCUT2D eigenvalue weighted by Gasteiger charge is -2.18. The topological polar surface area (TPSA) is 18.5 Å². The Bertz CT molecular complexity index is 271. The van der Waals surface area contributed by atoms with Gasteiger partial charge in [-0.05, 0) is 32.8 Å². The van der Waals surface area contributed by atoms with Crippen molar-refractivity contribution in [3.8, 4) is 0 Å². The van der Waals surface area contributed by atoms with Gasteiger partial charge >= 0.3 is 0 Å². The number of benzene rings is 1. The molecule has 0 heterocycles. The molecule has 0 aromatic heterocycles. The van der Waals surface area contributed by atoms with Crippen LogP contribution in [0.2, 0.25) is 0 Å². The van der Waals surface area contributed by atoms with Crippen LogP contribution in [0.25, 0.3) is 0 Å².